The van der Waals surface area contributed by atoms with E-state index in [0.717, 1.165) is 40.4 Å². The number of hydrogen-bond acceptors (Lipinski definition) is 9. The second-order valence-corrected chi connectivity index (χ2v) is 13.0. The Morgan fingerprint density at radius 2 is 1.90 bits per heavy atom. The van der Waals surface area contributed by atoms with Crippen LogP contribution < -0.4 is 10.6 Å². The maximum atomic E-state index is 13.0. The number of anilines is 1. The van der Waals surface area contributed by atoms with E-state index >= 15 is 0 Å². The predicted molar refractivity (Wildman–Crippen MR) is 157 cm³/mol. The lowest BCUT2D eigenvalue weighted by Crippen LogP contribution is -2.47. The van der Waals surface area contributed by atoms with Gasteiger partial charge in [-0.25, -0.2) is 28.1 Å². The summed E-state index contributed by atoms with van der Waals surface area (Å²) in [6.07, 6.45) is 9.23. The summed E-state index contributed by atoms with van der Waals surface area (Å²) in [5, 5.41) is 11.5. The Morgan fingerprint density at radius 1 is 1.10 bits per heavy atom. The number of pyridine rings is 1. The third-order valence-electron chi connectivity index (χ3n) is 7.35. The van der Waals surface area contributed by atoms with Crippen LogP contribution in [0.2, 0.25) is 0 Å². The number of aryl methyl sites for hydroxylation is 3. The van der Waals surface area contributed by atoms with Crippen LogP contribution in [-0.4, -0.2) is 72.2 Å². The second-order valence-electron chi connectivity index (χ2n) is 11.1. The van der Waals surface area contributed by atoms with Gasteiger partial charge >= 0.3 is 0 Å². The van der Waals surface area contributed by atoms with Crippen molar-refractivity contribution >= 4 is 16.0 Å². The molecule has 2 N–H and O–H groups in total. The van der Waals surface area contributed by atoms with Crippen molar-refractivity contribution in [2.45, 2.75) is 64.7 Å². The zero-order valence-corrected chi connectivity index (χ0v) is 25.2. The molecule has 0 amide bonds. The Labute approximate surface area is 241 Å². The first-order chi connectivity index (χ1) is 19.5. The lowest BCUT2D eigenvalue weighted by molar-refractivity contribution is 0.260. The quantitative estimate of drug-likeness (QED) is 0.307. The van der Waals surface area contributed by atoms with Gasteiger partial charge in [0.15, 0.2) is 5.03 Å². The summed E-state index contributed by atoms with van der Waals surface area (Å²) in [7, 11) is -1.87. The molecule has 5 heterocycles. The molecule has 1 aliphatic rings. The molecule has 0 unspecified atom stereocenters. The predicted octanol–water partition coefficient (Wildman–Crippen LogP) is 3.08. The zero-order chi connectivity index (χ0) is 29.3. The first-order valence-electron chi connectivity index (χ1n) is 13.8. The van der Waals surface area contributed by atoms with Crippen LogP contribution in [-0.2, 0) is 23.6 Å². The normalized spacial score (nSPS) is 18.2. The highest BCUT2D eigenvalue weighted by atomic mass is 32.2. The van der Waals surface area contributed by atoms with E-state index in [0.29, 0.717) is 31.5 Å². The third-order valence-corrected chi connectivity index (χ3v) is 9.10. The fourth-order valence-electron chi connectivity index (χ4n) is 5.00. The van der Waals surface area contributed by atoms with Gasteiger partial charge in [-0.05, 0) is 43.9 Å². The van der Waals surface area contributed by atoms with Crippen molar-refractivity contribution in [3.63, 3.8) is 0 Å². The monoisotopic (exact) mass is 578 g/mol. The summed E-state index contributed by atoms with van der Waals surface area (Å²) in [5.41, 5.74) is 5.40. The summed E-state index contributed by atoms with van der Waals surface area (Å²) < 4.78 is 31.0. The fourth-order valence-corrected chi connectivity index (χ4v) is 6.52. The van der Waals surface area contributed by atoms with Gasteiger partial charge in [0, 0.05) is 62.9 Å². The van der Waals surface area contributed by atoms with Gasteiger partial charge in [0.1, 0.15) is 0 Å². The molecule has 0 radical (unpaired) electrons. The number of nitrogens with one attached hydrogen (secondary N) is 2. The van der Waals surface area contributed by atoms with Crippen LogP contribution in [0.15, 0.2) is 48.3 Å². The number of imidazole rings is 1. The maximum Gasteiger partial charge on any atom is 0.262 e. The average Bonchev–Trinajstić information content (AvgIpc) is 3.59. The molecular formula is C28H38N10O2S. The lowest BCUT2D eigenvalue weighted by Gasteiger charge is -2.36. The highest BCUT2D eigenvalue weighted by Crippen LogP contribution is 2.27. The topological polar surface area (TPSA) is 136 Å². The molecule has 0 spiro atoms. The molecule has 41 heavy (non-hydrogen) atoms. The highest BCUT2D eigenvalue weighted by Gasteiger charge is 2.35. The molecule has 4 aromatic heterocycles. The second kappa shape index (κ2) is 11.7. The van der Waals surface area contributed by atoms with Crippen LogP contribution in [0.3, 0.4) is 0 Å². The Balaban J connectivity index is 1.28. The van der Waals surface area contributed by atoms with Crippen molar-refractivity contribution in [3.05, 3.63) is 60.2 Å². The van der Waals surface area contributed by atoms with Crippen molar-refractivity contribution < 1.29 is 8.42 Å². The number of piperidine rings is 1. The first kappa shape index (κ1) is 28.8. The van der Waals surface area contributed by atoms with Crippen molar-refractivity contribution in [2.75, 3.05) is 18.4 Å². The Hall–Kier alpha value is -3.68. The average molecular weight is 579 g/mol. The summed E-state index contributed by atoms with van der Waals surface area (Å²) in [5.74, 6) is 0.559. The highest BCUT2D eigenvalue weighted by molar-refractivity contribution is 7.89. The van der Waals surface area contributed by atoms with Crippen molar-refractivity contribution in [3.8, 4) is 16.9 Å². The molecule has 2 atom stereocenters. The zero-order valence-electron chi connectivity index (χ0n) is 24.4. The van der Waals surface area contributed by atoms with Crippen molar-refractivity contribution in [1.82, 2.24) is 43.9 Å². The van der Waals surface area contributed by atoms with Crippen molar-refractivity contribution in [1.29, 1.82) is 0 Å². The molecule has 4 aromatic rings. The standard InChI is InChI=1S/C28H38N10O2S/c1-18(2)29-13-23-7-8-25(21(5)33-23)38-15-22(12-32-38)27-19(3)11-30-28(35-27)34-24-9-10-37(14-20(24)4)41(39,40)26-16-36(6)17-31-26/h7-8,11-12,15-18,20,24,29H,9-10,13-14H2,1-6H3,(H,30,34,35)/t20-,24+/m1/s1. The van der Waals surface area contributed by atoms with E-state index in [-0.39, 0.29) is 17.0 Å². The molecule has 1 saturated heterocycles. The van der Waals surface area contributed by atoms with Gasteiger partial charge < -0.3 is 15.2 Å². The smallest absolute Gasteiger partial charge is 0.262 e. The van der Waals surface area contributed by atoms with E-state index < -0.39 is 10.0 Å². The minimum Gasteiger partial charge on any atom is -0.351 e. The molecule has 1 aliphatic heterocycles. The Bertz CT molecular complexity index is 1630. The summed E-state index contributed by atoms with van der Waals surface area (Å²) in [4.78, 5) is 18.1. The largest absolute Gasteiger partial charge is 0.351 e. The summed E-state index contributed by atoms with van der Waals surface area (Å²) in [6.45, 7) is 11.7. The molecule has 13 heteroatoms. The van der Waals surface area contributed by atoms with Crippen LogP contribution >= 0.6 is 0 Å². The number of nitrogens with zero attached hydrogens (tertiary/aromatic N) is 8. The van der Waals surface area contributed by atoms with Crippen molar-refractivity contribution in [2.24, 2.45) is 13.0 Å². The van der Waals surface area contributed by atoms with Crippen LogP contribution in [0.5, 0.6) is 0 Å². The maximum absolute atomic E-state index is 13.0. The summed E-state index contributed by atoms with van der Waals surface area (Å²) >= 11 is 0. The fraction of sp³-hybridized carbons (Fsp3) is 0.464. The third kappa shape index (κ3) is 6.31. The van der Waals surface area contributed by atoms with E-state index in [1.54, 1.807) is 24.0 Å². The van der Waals surface area contributed by atoms with E-state index in [9.17, 15) is 8.42 Å². The van der Waals surface area contributed by atoms with Gasteiger partial charge in [0.2, 0.25) is 5.95 Å². The number of aromatic nitrogens is 7. The SMILES string of the molecule is Cc1cnc(N[C@H]2CCN(S(=O)(=O)c3cn(C)cn3)C[C@H]2C)nc1-c1cnn(-c2ccc(CNC(C)C)nc2C)c1. The molecule has 0 saturated carbocycles. The molecule has 0 bridgehead atoms. The molecule has 5 rings (SSSR count). The van der Waals surface area contributed by atoms with E-state index in [1.807, 2.05) is 43.8 Å². The van der Waals surface area contributed by atoms with E-state index in [2.05, 4.69) is 39.5 Å². The van der Waals surface area contributed by atoms with E-state index in [1.165, 1.54) is 16.8 Å². The minimum atomic E-state index is -3.63. The van der Waals surface area contributed by atoms with Gasteiger partial charge in [0.25, 0.3) is 10.0 Å². The molecular weight excluding hydrogens is 540 g/mol. The number of rotatable bonds is 9. The lowest BCUT2D eigenvalue weighted by atomic mass is 9.95. The first-order valence-corrected chi connectivity index (χ1v) is 15.3. The van der Waals surface area contributed by atoms with Gasteiger partial charge in [-0.2, -0.15) is 9.40 Å². The Kier molecular flexibility index (Phi) is 8.20. The van der Waals surface area contributed by atoms with Crippen LogP contribution in [0.1, 0.15) is 44.1 Å². The number of hydrogen-bond donors (Lipinski definition) is 2. The van der Waals surface area contributed by atoms with Crippen LogP contribution in [0.25, 0.3) is 16.9 Å². The molecule has 1 fully saturated rings. The van der Waals surface area contributed by atoms with Crippen LogP contribution in [0.4, 0.5) is 5.95 Å². The van der Waals surface area contributed by atoms with Crippen LogP contribution in [0, 0.1) is 19.8 Å². The minimum absolute atomic E-state index is 0.0286. The molecule has 0 aromatic carbocycles. The Morgan fingerprint density at radius 3 is 2.59 bits per heavy atom. The number of sulfonamides is 1. The molecule has 218 valence electrons. The van der Waals surface area contributed by atoms with Gasteiger partial charge in [-0.3, -0.25) is 4.98 Å². The van der Waals surface area contributed by atoms with Gasteiger partial charge in [0.05, 0.1) is 35.3 Å². The summed E-state index contributed by atoms with van der Waals surface area (Å²) in [6, 6.07) is 4.48. The molecule has 12 nitrogen and oxygen atoms in total. The van der Waals surface area contributed by atoms with Gasteiger partial charge in [-0.1, -0.05) is 20.8 Å². The van der Waals surface area contributed by atoms with Gasteiger partial charge in [-0.15, -0.1) is 0 Å². The van der Waals surface area contributed by atoms with E-state index in [4.69, 9.17) is 9.97 Å². The molecule has 0 aliphatic carbocycles.